The van der Waals surface area contributed by atoms with Crippen molar-refractivity contribution >= 4 is 12.6 Å². The molecule has 0 atom stereocenters. The molecule has 0 heterocycles. The van der Waals surface area contributed by atoms with Crippen LogP contribution in [0.5, 0.6) is 0 Å². The van der Waals surface area contributed by atoms with Crippen LogP contribution < -0.4 is 0 Å². The van der Waals surface area contributed by atoms with Gasteiger partial charge in [0, 0.05) is 0 Å². The van der Waals surface area contributed by atoms with Crippen LogP contribution in [0.1, 0.15) is 85.0 Å². The first-order valence-corrected chi connectivity index (χ1v) is 7.57. The molecule has 0 rings (SSSR count). The lowest BCUT2D eigenvalue weighted by Crippen LogP contribution is -1.79. The number of hydrogen-bond donors (Lipinski definition) is 1. The molecule has 0 aromatic rings. The van der Waals surface area contributed by atoms with E-state index in [9.17, 15) is 0 Å². The van der Waals surface area contributed by atoms with E-state index < -0.39 is 0 Å². The summed E-state index contributed by atoms with van der Waals surface area (Å²) in [6, 6.07) is 0. The standard InChI is InChI=1S/C11H24.C3H8S/c1-3-5-7-9-11-10-8-6-4-2;1-2-3-4/h3-11H2,1-2H3;4H,2-3H2,1H3. The largest absolute Gasteiger partial charge is 0.179 e. The maximum atomic E-state index is 3.92. The second kappa shape index (κ2) is 19.9. The van der Waals surface area contributed by atoms with Gasteiger partial charge in [-0.2, -0.15) is 12.6 Å². The van der Waals surface area contributed by atoms with Gasteiger partial charge < -0.3 is 0 Å². The molecule has 0 bridgehead atoms. The summed E-state index contributed by atoms with van der Waals surface area (Å²) in [5.41, 5.74) is 0. The molecule has 0 aliphatic carbocycles. The number of rotatable bonds is 9. The maximum absolute atomic E-state index is 3.92. The predicted octanol–water partition coefficient (Wildman–Crippen LogP) is 5.86. The molecule has 0 amide bonds. The highest BCUT2D eigenvalue weighted by Gasteiger charge is 1.88. The van der Waals surface area contributed by atoms with E-state index in [0.29, 0.717) is 0 Å². The van der Waals surface area contributed by atoms with Crippen LogP contribution in [0, 0.1) is 0 Å². The van der Waals surface area contributed by atoms with E-state index in [2.05, 4.69) is 33.4 Å². The van der Waals surface area contributed by atoms with Gasteiger partial charge in [-0.15, -0.1) is 0 Å². The average molecular weight is 232 g/mol. The van der Waals surface area contributed by atoms with Crippen LogP contribution >= 0.6 is 12.6 Å². The van der Waals surface area contributed by atoms with Gasteiger partial charge in [0.2, 0.25) is 0 Å². The Morgan fingerprint density at radius 1 is 0.533 bits per heavy atom. The molecule has 0 aromatic carbocycles. The minimum absolute atomic E-state index is 1.01. The molecule has 0 fully saturated rings. The van der Waals surface area contributed by atoms with E-state index >= 15 is 0 Å². The van der Waals surface area contributed by atoms with Crippen LogP contribution in [0.25, 0.3) is 0 Å². The van der Waals surface area contributed by atoms with Crippen molar-refractivity contribution in [1.82, 2.24) is 0 Å². The van der Waals surface area contributed by atoms with Gasteiger partial charge in [0.15, 0.2) is 0 Å². The topological polar surface area (TPSA) is 0 Å². The second-order valence-electron chi connectivity index (χ2n) is 4.20. The number of unbranched alkanes of at least 4 members (excludes halogenated alkanes) is 8. The number of hydrogen-bond acceptors (Lipinski definition) is 1. The molecule has 0 nitrogen and oxygen atoms in total. The Morgan fingerprint density at radius 2 is 0.800 bits per heavy atom. The Bertz CT molecular complexity index is 71.4. The molecule has 15 heavy (non-hydrogen) atoms. The van der Waals surface area contributed by atoms with Gasteiger partial charge in [-0.25, -0.2) is 0 Å². The molecule has 0 unspecified atom stereocenters. The molecular formula is C14H32S. The van der Waals surface area contributed by atoms with Crippen molar-refractivity contribution in [2.45, 2.75) is 85.0 Å². The molecule has 0 aromatic heterocycles. The molecule has 0 aliphatic heterocycles. The minimum Gasteiger partial charge on any atom is -0.179 e. The highest BCUT2D eigenvalue weighted by molar-refractivity contribution is 7.80. The third-order valence-electron chi connectivity index (χ3n) is 2.43. The zero-order valence-corrected chi connectivity index (χ0v) is 12.1. The van der Waals surface area contributed by atoms with E-state index in [4.69, 9.17) is 0 Å². The van der Waals surface area contributed by atoms with Crippen molar-refractivity contribution in [1.29, 1.82) is 0 Å². The van der Waals surface area contributed by atoms with Crippen molar-refractivity contribution in [2.75, 3.05) is 5.75 Å². The first-order valence-electron chi connectivity index (χ1n) is 6.94. The third-order valence-corrected chi connectivity index (χ3v) is 2.88. The first-order chi connectivity index (χ1) is 7.33. The Labute approximate surface area is 104 Å². The zero-order chi connectivity index (χ0) is 11.8. The second-order valence-corrected chi connectivity index (χ2v) is 4.65. The smallest absolute Gasteiger partial charge is 0.0101 e. The fourth-order valence-corrected chi connectivity index (χ4v) is 1.38. The highest BCUT2D eigenvalue weighted by atomic mass is 32.1. The third kappa shape index (κ3) is 25.0. The van der Waals surface area contributed by atoms with Crippen molar-refractivity contribution < 1.29 is 0 Å². The predicted molar refractivity (Wildman–Crippen MR) is 77.0 cm³/mol. The Hall–Kier alpha value is 0.350. The van der Waals surface area contributed by atoms with Crippen molar-refractivity contribution in [3.05, 3.63) is 0 Å². The SMILES string of the molecule is CCCCCCCCCCC.CCCS. The lowest BCUT2D eigenvalue weighted by atomic mass is 10.1. The lowest BCUT2D eigenvalue weighted by molar-refractivity contribution is 0.572. The molecule has 0 aliphatic rings. The van der Waals surface area contributed by atoms with Crippen molar-refractivity contribution in [2.24, 2.45) is 0 Å². The summed E-state index contributed by atoms with van der Waals surface area (Å²) in [5.74, 6) is 1.01. The normalized spacial score (nSPS) is 9.60. The van der Waals surface area contributed by atoms with Gasteiger partial charge >= 0.3 is 0 Å². The molecule has 1 heteroatoms. The van der Waals surface area contributed by atoms with Gasteiger partial charge in [-0.05, 0) is 12.2 Å². The summed E-state index contributed by atoms with van der Waals surface area (Å²) < 4.78 is 0. The Balaban J connectivity index is 0. The molecule has 0 saturated carbocycles. The molecule has 0 N–H and O–H groups in total. The zero-order valence-electron chi connectivity index (χ0n) is 11.2. The lowest BCUT2D eigenvalue weighted by Gasteiger charge is -1.98. The Kier molecular flexibility index (Phi) is 23.5. The fraction of sp³-hybridized carbons (Fsp3) is 1.00. The number of thiol groups is 1. The first kappa shape index (κ1) is 17.7. The molecule has 94 valence electrons. The Morgan fingerprint density at radius 3 is 1.00 bits per heavy atom. The van der Waals surface area contributed by atoms with Crippen LogP contribution in [-0.2, 0) is 0 Å². The maximum Gasteiger partial charge on any atom is -0.0101 e. The minimum atomic E-state index is 1.01. The molecular weight excluding hydrogens is 200 g/mol. The molecule has 0 saturated heterocycles. The highest BCUT2D eigenvalue weighted by Crippen LogP contribution is 2.08. The summed E-state index contributed by atoms with van der Waals surface area (Å²) >= 11 is 3.92. The summed E-state index contributed by atoms with van der Waals surface area (Å²) in [4.78, 5) is 0. The molecule has 0 radical (unpaired) electrons. The van der Waals surface area contributed by atoms with Gasteiger partial charge in [-0.1, -0.05) is 78.6 Å². The monoisotopic (exact) mass is 232 g/mol. The van der Waals surface area contributed by atoms with Crippen LogP contribution in [0.15, 0.2) is 0 Å². The van der Waals surface area contributed by atoms with Crippen LogP contribution in [0.2, 0.25) is 0 Å². The average Bonchev–Trinajstić information content (AvgIpc) is 2.28. The fourth-order valence-electron chi connectivity index (χ4n) is 1.38. The molecule has 0 spiro atoms. The quantitative estimate of drug-likeness (QED) is 0.373. The van der Waals surface area contributed by atoms with E-state index in [0.717, 1.165) is 5.75 Å². The van der Waals surface area contributed by atoms with Crippen molar-refractivity contribution in [3.8, 4) is 0 Å². The van der Waals surface area contributed by atoms with Gasteiger partial charge in [-0.3, -0.25) is 0 Å². The van der Waals surface area contributed by atoms with E-state index in [-0.39, 0.29) is 0 Å². The van der Waals surface area contributed by atoms with E-state index in [1.54, 1.807) is 0 Å². The summed E-state index contributed by atoms with van der Waals surface area (Å²) in [5, 5.41) is 0. The van der Waals surface area contributed by atoms with Crippen LogP contribution in [0.4, 0.5) is 0 Å². The van der Waals surface area contributed by atoms with Crippen molar-refractivity contribution in [3.63, 3.8) is 0 Å². The summed E-state index contributed by atoms with van der Waals surface area (Å²) in [6.45, 7) is 6.65. The van der Waals surface area contributed by atoms with Gasteiger partial charge in [0.25, 0.3) is 0 Å². The van der Waals surface area contributed by atoms with Crippen LogP contribution in [-0.4, -0.2) is 5.75 Å². The van der Waals surface area contributed by atoms with E-state index in [1.807, 2.05) is 0 Å². The summed E-state index contributed by atoms with van der Waals surface area (Å²) in [6.07, 6.45) is 14.1. The van der Waals surface area contributed by atoms with Gasteiger partial charge in [0.1, 0.15) is 0 Å². The van der Waals surface area contributed by atoms with E-state index in [1.165, 1.54) is 64.2 Å². The summed E-state index contributed by atoms with van der Waals surface area (Å²) in [7, 11) is 0. The van der Waals surface area contributed by atoms with Gasteiger partial charge in [0.05, 0.1) is 0 Å². The van der Waals surface area contributed by atoms with Crippen LogP contribution in [0.3, 0.4) is 0 Å².